The standard InChI is InChI=1S/2C51H36N2/c1-51(2)45-19-11-9-17-39(45)41-27-28-42-44-32-36(35-23-29-47-43(31-35)40-18-10-12-20-46(40)52(47)37-15-7-4-8-16-37)24-30-48(44)53(50(42)49(41)51)38-25-21-34(22-26-38)33-13-5-3-6-14-33;1-51(2)44-19-11-9-17-39(44)41-27-30-48-49(50(41)51)43-32-36(24-29-47(43)53(48)38-25-21-34(22-26-38)33-13-5-3-6-14-33)35-23-28-46-42(31-35)40-18-10-12-20-45(40)52(46)37-15-7-4-8-16-37/h2*3-32H,1-2H3. The van der Waals surface area contributed by atoms with E-state index in [0.717, 1.165) is 0 Å². The molecule has 0 saturated heterocycles. The van der Waals surface area contributed by atoms with Crippen LogP contribution in [0.5, 0.6) is 0 Å². The second-order valence-electron chi connectivity index (χ2n) is 29.9. The van der Waals surface area contributed by atoms with Gasteiger partial charge in [0.15, 0.2) is 0 Å². The fraction of sp³-hybridized carbons (Fsp3) is 0.0588. The first-order chi connectivity index (χ1) is 52.1. The molecule has 16 aromatic carbocycles. The lowest BCUT2D eigenvalue weighted by atomic mass is 9.80. The minimum Gasteiger partial charge on any atom is -0.309 e. The molecule has 22 rings (SSSR count). The van der Waals surface area contributed by atoms with Crippen molar-refractivity contribution in [3.63, 3.8) is 0 Å². The number of para-hydroxylation sites is 4. The van der Waals surface area contributed by atoms with Crippen LogP contribution in [0.2, 0.25) is 0 Å². The Kier molecular flexibility index (Phi) is 13.7. The predicted octanol–water partition coefficient (Wildman–Crippen LogP) is 27.0. The number of hydrogen-bond acceptors (Lipinski definition) is 0. The van der Waals surface area contributed by atoms with Gasteiger partial charge >= 0.3 is 0 Å². The van der Waals surface area contributed by atoms with Gasteiger partial charge in [-0.2, -0.15) is 0 Å². The Balaban J connectivity index is 0.000000136. The van der Waals surface area contributed by atoms with Gasteiger partial charge < -0.3 is 18.3 Å². The molecule has 4 heterocycles. The summed E-state index contributed by atoms with van der Waals surface area (Å²) in [6.07, 6.45) is 0. The summed E-state index contributed by atoms with van der Waals surface area (Å²) in [5.74, 6) is 0. The van der Waals surface area contributed by atoms with Gasteiger partial charge in [-0.25, -0.2) is 0 Å². The number of rotatable bonds is 8. The van der Waals surface area contributed by atoms with Crippen molar-refractivity contribution in [3.8, 4) is 89.5 Å². The maximum absolute atomic E-state index is 2.52. The van der Waals surface area contributed by atoms with Crippen molar-refractivity contribution in [1.29, 1.82) is 0 Å². The van der Waals surface area contributed by atoms with Crippen molar-refractivity contribution >= 4 is 87.2 Å². The molecule has 0 aliphatic heterocycles. The lowest BCUT2D eigenvalue weighted by molar-refractivity contribution is 0.664. The SMILES string of the molecule is CC1(C)c2ccccc2-c2ccc3c(c21)c1cc(-c2ccc4c(c2)c2ccccc2n4-c2ccccc2)ccc1n3-c1ccc(-c2ccccc2)cc1.CC1(C)c2ccccc2-c2ccc3c4cc(-c5ccc6c(c5)c5ccccc5n6-c5ccccc5)ccc4n(-c4ccc(-c5ccccc5)cc4)c3c21. The highest BCUT2D eigenvalue weighted by Gasteiger charge is 2.40. The average molecular weight is 1350 g/mol. The molecule has 0 spiro atoms. The van der Waals surface area contributed by atoms with Crippen LogP contribution in [-0.4, -0.2) is 18.3 Å². The van der Waals surface area contributed by atoms with E-state index in [0.29, 0.717) is 0 Å². The minimum absolute atomic E-state index is 0.143. The van der Waals surface area contributed by atoms with E-state index >= 15 is 0 Å². The molecule has 0 amide bonds. The second-order valence-corrected chi connectivity index (χ2v) is 29.9. The Morgan fingerprint density at radius 2 is 0.500 bits per heavy atom. The molecule has 106 heavy (non-hydrogen) atoms. The highest BCUT2D eigenvalue weighted by Crippen LogP contribution is 2.56. The number of nitrogens with zero attached hydrogens (tertiary/aromatic N) is 4. The summed E-state index contributed by atoms with van der Waals surface area (Å²) in [6, 6.07) is 134. The van der Waals surface area contributed by atoms with E-state index in [9.17, 15) is 0 Å². The van der Waals surface area contributed by atoms with Gasteiger partial charge in [-0.05, 0) is 204 Å². The summed E-state index contributed by atoms with van der Waals surface area (Å²) < 4.78 is 9.76. The van der Waals surface area contributed by atoms with Crippen molar-refractivity contribution in [1.82, 2.24) is 18.3 Å². The Labute approximate surface area is 615 Å². The lowest BCUT2D eigenvalue weighted by Gasteiger charge is -2.23. The van der Waals surface area contributed by atoms with Crippen molar-refractivity contribution in [3.05, 3.63) is 386 Å². The first-order valence-electron chi connectivity index (χ1n) is 37.1. The van der Waals surface area contributed by atoms with Crippen LogP contribution in [0, 0.1) is 0 Å². The first kappa shape index (κ1) is 61.4. The van der Waals surface area contributed by atoms with Crippen molar-refractivity contribution in [2.45, 2.75) is 38.5 Å². The van der Waals surface area contributed by atoms with Crippen LogP contribution < -0.4 is 0 Å². The van der Waals surface area contributed by atoms with Crippen LogP contribution in [0.3, 0.4) is 0 Å². The smallest absolute Gasteiger partial charge is 0.0588 e. The zero-order valence-corrected chi connectivity index (χ0v) is 59.4. The molecule has 0 unspecified atom stereocenters. The number of aromatic nitrogens is 4. The average Bonchev–Trinajstić information content (AvgIpc) is 1.54. The van der Waals surface area contributed by atoms with Gasteiger partial charge in [0, 0.05) is 76.7 Å². The van der Waals surface area contributed by atoms with Crippen LogP contribution in [0.4, 0.5) is 0 Å². The molecule has 2 aliphatic carbocycles. The van der Waals surface area contributed by atoms with Gasteiger partial charge in [0.2, 0.25) is 0 Å². The van der Waals surface area contributed by atoms with E-state index in [2.05, 4.69) is 410 Å². The Bertz CT molecular complexity index is 6940. The molecule has 0 radical (unpaired) electrons. The normalized spacial score (nSPS) is 13.2. The molecule has 500 valence electrons. The number of benzene rings is 16. The summed E-state index contributed by atoms with van der Waals surface area (Å²) in [6.45, 7) is 9.58. The van der Waals surface area contributed by atoms with E-state index in [1.165, 1.54) is 199 Å². The Hall–Kier alpha value is -13.3. The third-order valence-electron chi connectivity index (χ3n) is 23.4. The van der Waals surface area contributed by atoms with Gasteiger partial charge in [0.05, 0.1) is 44.1 Å². The topological polar surface area (TPSA) is 19.7 Å². The maximum atomic E-state index is 2.52. The van der Waals surface area contributed by atoms with E-state index in [-0.39, 0.29) is 10.8 Å². The van der Waals surface area contributed by atoms with Gasteiger partial charge in [0.25, 0.3) is 0 Å². The van der Waals surface area contributed by atoms with E-state index in [4.69, 9.17) is 0 Å². The molecular formula is C102H72N4. The molecule has 4 heteroatoms. The third kappa shape index (κ3) is 9.27. The molecule has 2 aliphatic rings. The summed E-state index contributed by atoms with van der Waals surface area (Å²) >= 11 is 0. The summed E-state index contributed by atoms with van der Waals surface area (Å²) in [4.78, 5) is 0. The molecule has 4 nitrogen and oxygen atoms in total. The van der Waals surface area contributed by atoms with E-state index in [1.54, 1.807) is 0 Å². The fourth-order valence-electron chi connectivity index (χ4n) is 18.5. The van der Waals surface area contributed by atoms with Crippen molar-refractivity contribution in [2.24, 2.45) is 0 Å². The molecule has 0 saturated carbocycles. The molecule has 0 bridgehead atoms. The van der Waals surface area contributed by atoms with Crippen LogP contribution in [0.25, 0.3) is 177 Å². The number of hydrogen-bond donors (Lipinski definition) is 0. The second kappa shape index (κ2) is 23.6. The van der Waals surface area contributed by atoms with E-state index < -0.39 is 0 Å². The predicted molar refractivity (Wildman–Crippen MR) is 447 cm³/mol. The Morgan fingerprint density at radius 3 is 0.991 bits per heavy atom. The molecule has 20 aromatic rings. The molecule has 0 atom stereocenters. The summed E-state index contributed by atoms with van der Waals surface area (Å²) in [5, 5.41) is 10.2. The van der Waals surface area contributed by atoms with Gasteiger partial charge in [-0.3, -0.25) is 0 Å². The molecule has 0 fully saturated rings. The molecular weight excluding hydrogens is 1280 g/mol. The van der Waals surface area contributed by atoms with E-state index in [1.807, 2.05) is 0 Å². The molecule has 4 aromatic heterocycles. The van der Waals surface area contributed by atoms with Crippen molar-refractivity contribution in [2.75, 3.05) is 0 Å². The monoisotopic (exact) mass is 1350 g/mol. The van der Waals surface area contributed by atoms with Gasteiger partial charge in [0.1, 0.15) is 0 Å². The highest BCUT2D eigenvalue weighted by atomic mass is 15.0. The minimum atomic E-state index is -0.150. The number of fused-ring (bicyclic) bond motifs is 20. The first-order valence-corrected chi connectivity index (χ1v) is 37.1. The summed E-state index contributed by atoms with van der Waals surface area (Å²) in [7, 11) is 0. The molecule has 0 N–H and O–H groups in total. The third-order valence-corrected chi connectivity index (χ3v) is 23.4. The zero-order chi connectivity index (χ0) is 70.5. The van der Waals surface area contributed by atoms with Crippen LogP contribution in [0.15, 0.2) is 364 Å². The van der Waals surface area contributed by atoms with Crippen LogP contribution in [-0.2, 0) is 10.8 Å². The van der Waals surface area contributed by atoms with Crippen LogP contribution in [0.1, 0.15) is 49.9 Å². The van der Waals surface area contributed by atoms with Crippen molar-refractivity contribution < 1.29 is 0 Å². The fourth-order valence-corrected chi connectivity index (χ4v) is 18.5. The highest BCUT2D eigenvalue weighted by molar-refractivity contribution is 6.18. The quantitative estimate of drug-likeness (QED) is 0.144. The lowest BCUT2D eigenvalue weighted by Crippen LogP contribution is -2.16. The van der Waals surface area contributed by atoms with Crippen LogP contribution >= 0.6 is 0 Å². The van der Waals surface area contributed by atoms with Gasteiger partial charge in [-0.15, -0.1) is 0 Å². The summed E-state index contributed by atoms with van der Waals surface area (Å²) in [5.41, 5.74) is 35.0. The Morgan fingerprint density at radius 1 is 0.189 bits per heavy atom. The zero-order valence-electron chi connectivity index (χ0n) is 59.4. The maximum Gasteiger partial charge on any atom is 0.0588 e. The van der Waals surface area contributed by atoms with Gasteiger partial charge in [-0.1, -0.05) is 276 Å². The largest absolute Gasteiger partial charge is 0.309 e.